The number of nitrogens with zero attached hydrogens (tertiary/aromatic N) is 1. The van der Waals surface area contributed by atoms with Crippen molar-refractivity contribution in [1.29, 1.82) is 0 Å². The van der Waals surface area contributed by atoms with Crippen LogP contribution >= 0.6 is 0 Å². The number of hydrogen-bond donors (Lipinski definition) is 3. The van der Waals surface area contributed by atoms with Crippen molar-refractivity contribution in [2.45, 2.75) is 25.8 Å². The first-order valence-corrected chi connectivity index (χ1v) is 5.22. The molecule has 0 aromatic rings. The van der Waals surface area contributed by atoms with Crippen LogP contribution in [0.2, 0.25) is 0 Å². The Labute approximate surface area is 85.2 Å². The Kier molecular flexibility index (Phi) is 4.31. The first-order valence-electron chi connectivity index (χ1n) is 5.22. The molecule has 1 rings (SSSR count). The molecule has 4 nitrogen and oxygen atoms in total. The summed E-state index contributed by atoms with van der Waals surface area (Å²) in [6.07, 6.45) is 2.11. The van der Waals surface area contributed by atoms with Gasteiger partial charge in [0.05, 0.1) is 19.8 Å². The van der Waals surface area contributed by atoms with E-state index >= 15 is 0 Å². The smallest absolute Gasteiger partial charge is 0.0586 e. The lowest BCUT2D eigenvalue weighted by atomic mass is 9.92. The molecule has 1 heterocycles. The van der Waals surface area contributed by atoms with Crippen molar-refractivity contribution in [1.82, 2.24) is 4.90 Å². The highest BCUT2D eigenvalue weighted by molar-refractivity contribution is 4.84. The van der Waals surface area contributed by atoms with Crippen LogP contribution in [-0.2, 0) is 0 Å². The first kappa shape index (κ1) is 11.9. The second kappa shape index (κ2) is 5.07. The highest BCUT2D eigenvalue weighted by atomic mass is 16.3. The maximum Gasteiger partial charge on any atom is 0.0586 e. The monoisotopic (exact) mass is 203 g/mol. The van der Waals surface area contributed by atoms with Crippen molar-refractivity contribution < 1.29 is 15.3 Å². The summed E-state index contributed by atoms with van der Waals surface area (Å²) in [5, 5.41) is 27.4. The molecule has 0 spiro atoms. The largest absolute Gasteiger partial charge is 0.396 e. The number of rotatable bonds is 5. The molecule has 1 fully saturated rings. The molecule has 0 amide bonds. The highest BCUT2D eigenvalue weighted by Crippen LogP contribution is 2.23. The van der Waals surface area contributed by atoms with Gasteiger partial charge < -0.3 is 15.3 Å². The van der Waals surface area contributed by atoms with Crippen LogP contribution in [0.1, 0.15) is 19.8 Å². The van der Waals surface area contributed by atoms with Gasteiger partial charge in [0.1, 0.15) is 0 Å². The normalized spacial score (nSPS) is 24.4. The van der Waals surface area contributed by atoms with E-state index in [1.54, 1.807) is 0 Å². The third-order valence-electron chi connectivity index (χ3n) is 3.06. The van der Waals surface area contributed by atoms with Crippen LogP contribution in [0.25, 0.3) is 0 Å². The van der Waals surface area contributed by atoms with Gasteiger partial charge in [-0.3, -0.25) is 4.90 Å². The molecule has 1 aliphatic heterocycles. The third-order valence-corrected chi connectivity index (χ3v) is 3.06. The topological polar surface area (TPSA) is 63.9 Å². The Morgan fingerprint density at radius 2 is 1.93 bits per heavy atom. The lowest BCUT2D eigenvalue weighted by Gasteiger charge is -2.33. The maximum atomic E-state index is 9.16. The standard InChI is InChI=1S/C10H21NO3/c1-10(7-13,8-14)6-11-4-2-3-9(11)5-12/h9,12-14H,2-8H2,1H3. The molecule has 0 aromatic carbocycles. The van der Waals surface area contributed by atoms with Crippen molar-refractivity contribution in [3.8, 4) is 0 Å². The summed E-state index contributed by atoms with van der Waals surface area (Å²) in [7, 11) is 0. The second-order valence-corrected chi connectivity index (χ2v) is 4.58. The fourth-order valence-corrected chi connectivity index (χ4v) is 1.95. The molecule has 0 radical (unpaired) electrons. The summed E-state index contributed by atoms with van der Waals surface area (Å²) in [6, 6.07) is 0.215. The van der Waals surface area contributed by atoms with Gasteiger partial charge in [-0.15, -0.1) is 0 Å². The molecular formula is C10H21NO3. The van der Waals surface area contributed by atoms with Crippen molar-refractivity contribution in [2.75, 3.05) is 32.9 Å². The molecular weight excluding hydrogens is 182 g/mol. The second-order valence-electron chi connectivity index (χ2n) is 4.58. The molecule has 4 heteroatoms. The van der Waals surface area contributed by atoms with Gasteiger partial charge in [0.2, 0.25) is 0 Å². The molecule has 1 atom stereocenters. The number of likely N-dealkylation sites (tertiary alicyclic amines) is 1. The predicted octanol–water partition coefficient (Wildman–Crippen LogP) is -0.566. The van der Waals surface area contributed by atoms with Gasteiger partial charge in [-0.05, 0) is 19.4 Å². The van der Waals surface area contributed by atoms with Gasteiger partial charge in [-0.2, -0.15) is 0 Å². The zero-order valence-corrected chi connectivity index (χ0v) is 8.82. The van der Waals surface area contributed by atoms with E-state index in [1.165, 1.54) is 0 Å². The Balaban J connectivity index is 2.49. The average Bonchev–Trinajstić information content (AvgIpc) is 2.65. The third kappa shape index (κ3) is 2.67. The zero-order valence-electron chi connectivity index (χ0n) is 8.82. The number of hydrogen-bond acceptors (Lipinski definition) is 4. The minimum Gasteiger partial charge on any atom is -0.396 e. The van der Waals surface area contributed by atoms with Gasteiger partial charge in [0, 0.05) is 18.0 Å². The Morgan fingerprint density at radius 1 is 1.29 bits per heavy atom. The van der Waals surface area contributed by atoms with E-state index in [9.17, 15) is 0 Å². The number of aliphatic hydroxyl groups is 3. The van der Waals surface area contributed by atoms with E-state index < -0.39 is 5.41 Å². The number of aliphatic hydroxyl groups excluding tert-OH is 3. The van der Waals surface area contributed by atoms with Crippen molar-refractivity contribution in [3.05, 3.63) is 0 Å². The van der Waals surface area contributed by atoms with E-state index in [-0.39, 0.29) is 25.9 Å². The van der Waals surface area contributed by atoms with Crippen LogP contribution in [0.15, 0.2) is 0 Å². The fraction of sp³-hybridized carbons (Fsp3) is 1.00. The summed E-state index contributed by atoms with van der Waals surface area (Å²) in [6.45, 7) is 3.62. The van der Waals surface area contributed by atoms with Gasteiger partial charge in [-0.25, -0.2) is 0 Å². The maximum absolute atomic E-state index is 9.16. The van der Waals surface area contributed by atoms with Gasteiger partial charge in [-0.1, -0.05) is 6.92 Å². The fourth-order valence-electron chi connectivity index (χ4n) is 1.95. The molecule has 1 aliphatic rings. The van der Waals surface area contributed by atoms with Gasteiger partial charge in [0.25, 0.3) is 0 Å². The van der Waals surface area contributed by atoms with E-state index in [0.717, 1.165) is 19.4 Å². The summed E-state index contributed by atoms with van der Waals surface area (Å²) in [4.78, 5) is 2.16. The SMILES string of the molecule is CC(CO)(CO)CN1CCCC1CO. The molecule has 1 unspecified atom stereocenters. The summed E-state index contributed by atoms with van der Waals surface area (Å²) in [5.74, 6) is 0. The molecule has 0 saturated carbocycles. The van der Waals surface area contributed by atoms with E-state index in [4.69, 9.17) is 15.3 Å². The Bertz CT molecular complexity index is 171. The quantitative estimate of drug-likeness (QED) is 0.560. The van der Waals surface area contributed by atoms with Crippen molar-refractivity contribution in [3.63, 3.8) is 0 Å². The van der Waals surface area contributed by atoms with E-state index in [1.807, 2.05) is 6.92 Å². The molecule has 0 aliphatic carbocycles. The van der Waals surface area contributed by atoms with Crippen LogP contribution in [0.5, 0.6) is 0 Å². The minimum absolute atomic E-state index is 0.0157. The van der Waals surface area contributed by atoms with Crippen LogP contribution < -0.4 is 0 Å². The molecule has 3 N–H and O–H groups in total. The van der Waals surface area contributed by atoms with Crippen molar-refractivity contribution in [2.24, 2.45) is 5.41 Å². The van der Waals surface area contributed by atoms with E-state index in [2.05, 4.69) is 4.90 Å². The van der Waals surface area contributed by atoms with Crippen LogP contribution in [-0.4, -0.2) is 59.2 Å². The summed E-state index contributed by atoms with van der Waals surface area (Å²) in [5.41, 5.74) is -0.447. The lowest BCUT2D eigenvalue weighted by Crippen LogP contribution is -2.44. The minimum atomic E-state index is -0.447. The summed E-state index contributed by atoms with van der Waals surface area (Å²) >= 11 is 0. The first-order chi connectivity index (χ1) is 6.65. The molecule has 0 bridgehead atoms. The molecule has 0 aromatic heterocycles. The zero-order chi connectivity index (χ0) is 10.6. The molecule has 14 heavy (non-hydrogen) atoms. The van der Waals surface area contributed by atoms with Crippen LogP contribution in [0.3, 0.4) is 0 Å². The Morgan fingerprint density at radius 3 is 2.43 bits per heavy atom. The van der Waals surface area contributed by atoms with Crippen LogP contribution in [0, 0.1) is 5.41 Å². The average molecular weight is 203 g/mol. The lowest BCUT2D eigenvalue weighted by molar-refractivity contribution is 0.0238. The Hall–Kier alpha value is -0.160. The van der Waals surface area contributed by atoms with Crippen LogP contribution in [0.4, 0.5) is 0 Å². The van der Waals surface area contributed by atoms with Crippen molar-refractivity contribution >= 4 is 0 Å². The summed E-state index contributed by atoms with van der Waals surface area (Å²) < 4.78 is 0. The highest BCUT2D eigenvalue weighted by Gasteiger charge is 2.31. The van der Waals surface area contributed by atoms with E-state index in [0.29, 0.717) is 6.54 Å². The van der Waals surface area contributed by atoms with Gasteiger partial charge >= 0.3 is 0 Å². The predicted molar refractivity (Wildman–Crippen MR) is 54.0 cm³/mol. The van der Waals surface area contributed by atoms with Gasteiger partial charge in [0.15, 0.2) is 0 Å². The molecule has 84 valence electrons. The molecule has 1 saturated heterocycles.